The summed E-state index contributed by atoms with van der Waals surface area (Å²) in [5.41, 5.74) is -0.00862. The van der Waals surface area contributed by atoms with Gasteiger partial charge in [-0.15, -0.1) is 11.3 Å². The second-order valence-electron chi connectivity index (χ2n) is 6.84. The maximum Gasteiger partial charge on any atom is 0.414 e. The highest BCUT2D eigenvalue weighted by Crippen LogP contribution is 2.24. The summed E-state index contributed by atoms with van der Waals surface area (Å²) in [6, 6.07) is 5.10. The molecule has 8 nitrogen and oxygen atoms in total. The van der Waals surface area contributed by atoms with Crippen molar-refractivity contribution < 1.29 is 28.3 Å². The molecule has 1 aliphatic heterocycles. The molecule has 0 atom stereocenters. The molecule has 2 aromatic rings. The third kappa shape index (κ3) is 5.46. The third-order valence-corrected chi connectivity index (χ3v) is 5.56. The number of halogens is 1. The number of likely N-dealkylation sites (tertiary alicyclic amines) is 1. The summed E-state index contributed by atoms with van der Waals surface area (Å²) in [6.45, 7) is 2.89. The van der Waals surface area contributed by atoms with Gasteiger partial charge in [0.05, 0.1) is 17.7 Å². The SMILES string of the molecule is CCOC(=O)NC(=O)c1ccsc1NC(=O)c1ccc(C(=O)N2CCCCC2)c(F)c1. The number of imide groups is 1. The van der Waals surface area contributed by atoms with Crippen molar-refractivity contribution in [3.8, 4) is 0 Å². The first-order valence-corrected chi connectivity index (χ1v) is 10.7. The predicted octanol–water partition coefficient (Wildman–Crippen LogP) is 3.65. The van der Waals surface area contributed by atoms with Gasteiger partial charge in [-0.3, -0.25) is 19.7 Å². The van der Waals surface area contributed by atoms with E-state index in [0.29, 0.717) is 13.1 Å². The highest BCUT2D eigenvalue weighted by Gasteiger charge is 2.23. The molecule has 4 amide bonds. The van der Waals surface area contributed by atoms with Gasteiger partial charge in [0.25, 0.3) is 17.7 Å². The number of nitrogens with zero attached hydrogens (tertiary/aromatic N) is 1. The first-order valence-electron chi connectivity index (χ1n) is 9.86. The van der Waals surface area contributed by atoms with Crippen molar-refractivity contribution in [1.82, 2.24) is 10.2 Å². The topological polar surface area (TPSA) is 105 Å². The Morgan fingerprint density at radius 1 is 1.06 bits per heavy atom. The van der Waals surface area contributed by atoms with Gasteiger partial charge in [0, 0.05) is 18.7 Å². The molecule has 0 spiro atoms. The van der Waals surface area contributed by atoms with Crippen molar-refractivity contribution in [2.75, 3.05) is 25.0 Å². The molecule has 3 rings (SSSR count). The standard InChI is InChI=1S/C21H22FN3O5S/c1-2-30-21(29)24-18(27)15-8-11-31-19(15)23-17(26)13-6-7-14(16(22)12-13)20(28)25-9-4-3-5-10-25/h6-8,11-12H,2-5,9-10H2,1H3,(H,23,26)(H,24,27,29). The van der Waals surface area contributed by atoms with E-state index >= 15 is 0 Å². The molecule has 1 aromatic heterocycles. The summed E-state index contributed by atoms with van der Waals surface area (Å²) in [7, 11) is 0. The van der Waals surface area contributed by atoms with Crippen LogP contribution in [0.2, 0.25) is 0 Å². The van der Waals surface area contributed by atoms with Gasteiger partial charge >= 0.3 is 6.09 Å². The van der Waals surface area contributed by atoms with E-state index in [1.165, 1.54) is 18.2 Å². The molecule has 1 aliphatic rings. The van der Waals surface area contributed by atoms with Crippen molar-refractivity contribution in [2.45, 2.75) is 26.2 Å². The van der Waals surface area contributed by atoms with Crippen molar-refractivity contribution in [3.05, 3.63) is 52.2 Å². The number of thiophene rings is 1. The highest BCUT2D eigenvalue weighted by molar-refractivity contribution is 7.14. The van der Waals surface area contributed by atoms with Crippen LogP contribution in [-0.2, 0) is 4.74 Å². The number of amides is 4. The number of alkyl carbamates (subject to hydrolysis) is 1. The maximum atomic E-state index is 14.6. The quantitative estimate of drug-likeness (QED) is 0.728. The Bertz CT molecular complexity index is 1000. The minimum atomic E-state index is -0.896. The summed E-state index contributed by atoms with van der Waals surface area (Å²) in [5.74, 6) is -2.55. The normalized spacial score (nSPS) is 13.4. The van der Waals surface area contributed by atoms with Crippen molar-refractivity contribution >= 4 is 40.2 Å². The van der Waals surface area contributed by atoms with Crippen LogP contribution in [0.5, 0.6) is 0 Å². The van der Waals surface area contributed by atoms with Gasteiger partial charge < -0.3 is 15.0 Å². The largest absolute Gasteiger partial charge is 0.450 e. The van der Waals surface area contributed by atoms with E-state index in [0.717, 1.165) is 36.7 Å². The van der Waals surface area contributed by atoms with E-state index in [-0.39, 0.29) is 34.2 Å². The number of ether oxygens (including phenoxy) is 1. The number of nitrogens with one attached hydrogen (secondary N) is 2. The second kappa shape index (κ2) is 10.2. The van der Waals surface area contributed by atoms with Gasteiger partial charge in [-0.05, 0) is 55.8 Å². The van der Waals surface area contributed by atoms with Gasteiger partial charge in [0.1, 0.15) is 10.8 Å². The van der Waals surface area contributed by atoms with Crippen LogP contribution >= 0.6 is 11.3 Å². The van der Waals surface area contributed by atoms with Crippen LogP contribution in [0.25, 0.3) is 0 Å². The number of piperidine rings is 1. The molecule has 2 heterocycles. The fraction of sp³-hybridized carbons (Fsp3) is 0.333. The molecule has 31 heavy (non-hydrogen) atoms. The molecule has 10 heteroatoms. The molecule has 1 saturated heterocycles. The van der Waals surface area contributed by atoms with E-state index in [1.54, 1.807) is 17.2 Å². The first kappa shape index (κ1) is 22.4. The molecular weight excluding hydrogens is 425 g/mol. The maximum absolute atomic E-state index is 14.6. The van der Waals surface area contributed by atoms with Crippen LogP contribution in [-0.4, -0.2) is 48.4 Å². The van der Waals surface area contributed by atoms with E-state index in [1.807, 2.05) is 5.32 Å². The van der Waals surface area contributed by atoms with Crippen LogP contribution in [0.15, 0.2) is 29.6 Å². The monoisotopic (exact) mass is 447 g/mol. The highest BCUT2D eigenvalue weighted by atomic mass is 32.1. The molecule has 0 saturated carbocycles. The lowest BCUT2D eigenvalue weighted by molar-refractivity contribution is 0.0718. The molecule has 164 valence electrons. The van der Waals surface area contributed by atoms with Gasteiger partial charge in [-0.2, -0.15) is 0 Å². The lowest BCUT2D eigenvalue weighted by atomic mass is 10.1. The Balaban J connectivity index is 1.70. The Hall–Kier alpha value is -3.27. The van der Waals surface area contributed by atoms with E-state index < -0.39 is 23.7 Å². The number of rotatable bonds is 5. The average Bonchev–Trinajstić information content (AvgIpc) is 3.22. The van der Waals surface area contributed by atoms with E-state index in [9.17, 15) is 23.6 Å². The minimum Gasteiger partial charge on any atom is -0.450 e. The minimum absolute atomic E-state index is 0.00200. The number of benzene rings is 1. The summed E-state index contributed by atoms with van der Waals surface area (Å²) in [4.78, 5) is 50.3. The molecule has 1 fully saturated rings. The summed E-state index contributed by atoms with van der Waals surface area (Å²) >= 11 is 1.07. The van der Waals surface area contributed by atoms with E-state index in [4.69, 9.17) is 0 Å². The number of carbonyl (C=O) groups is 4. The van der Waals surface area contributed by atoms with Gasteiger partial charge in [-0.25, -0.2) is 9.18 Å². The molecule has 2 N–H and O–H groups in total. The Kier molecular flexibility index (Phi) is 7.35. The third-order valence-electron chi connectivity index (χ3n) is 4.73. The molecule has 0 unspecified atom stereocenters. The fourth-order valence-corrected chi connectivity index (χ4v) is 3.96. The number of hydrogen-bond donors (Lipinski definition) is 2. The van der Waals surface area contributed by atoms with Crippen LogP contribution < -0.4 is 10.6 Å². The second-order valence-corrected chi connectivity index (χ2v) is 7.76. The predicted molar refractivity (Wildman–Crippen MR) is 113 cm³/mol. The molecule has 0 radical (unpaired) electrons. The van der Waals surface area contributed by atoms with Crippen LogP contribution in [0.4, 0.5) is 14.2 Å². The molecule has 1 aromatic carbocycles. The molecular formula is C21H22FN3O5S. The zero-order chi connectivity index (χ0) is 22.4. The molecule has 0 bridgehead atoms. The Labute approximate surface area is 182 Å². The van der Waals surface area contributed by atoms with Crippen molar-refractivity contribution in [1.29, 1.82) is 0 Å². The van der Waals surface area contributed by atoms with Gasteiger partial charge in [0.15, 0.2) is 0 Å². The van der Waals surface area contributed by atoms with Crippen LogP contribution in [0.3, 0.4) is 0 Å². The number of anilines is 1. The number of carbonyl (C=O) groups excluding carboxylic acids is 4. The average molecular weight is 447 g/mol. The van der Waals surface area contributed by atoms with Crippen LogP contribution in [0, 0.1) is 5.82 Å². The first-order chi connectivity index (χ1) is 14.9. The van der Waals surface area contributed by atoms with E-state index in [2.05, 4.69) is 10.1 Å². The zero-order valence-electron chi connectivity index (χ0n) is 16.9. The van der Waals surface area contributed by atoms with Crippen LogP contribution in [0.1, 0.15) is 57.3 Å². The Morgan fingerprint density at radius 2 is 1.81 bits per heavy atom. The van der Waals surface area contributed by atoms with Crippen molar-refractivity contribution in [3.63, 3.8) is 0 Å². The van der Waals surface area contributed by atoms with Gasteiger partial charge in [0.2, 0.25) is 0 Å². The summed E-state index contributed by atoms with van der Waals surface area (Å²) in [5, 5.41) is 6.35. The van der Waals surface area contributed by atoms with Gasteiger partial charge in [-0.1, -0.05) is 0 Å². The smallest absolute Gasteiger partial charge is 0.414 e. The van der Waals surface area contributed by atoms with Crippen molar-refractivity contribution in [2.24, 2.45) is 0 Å². The molecule has 0 aliphatic carbocycles. The summed E-state index contributed by atoms with van der Waals surface area (Å²) < 4.78 is 19.2. The lowest BCUT2D eigenvalue weighted by Gasteiger charge is -2.26. The fourth-order valence-electron chi connectivity index (χ4n) is 3.18. The summed E-state index contributed by atoms with van der Waals surface area (Å²) in [6.07, 6.45) is 1.93. The lowest BCUT2D eigenvalue weighted by Crippen LogP contribution is -2.36. The number of hydrogen-bond acceptors (Lipinski definition) is 6. The Morgan fingerprint density at radius 3 is 2.48 bits per heavy atom. The zero-order valence-corrected chi connectivity index (χ0v) is 17.7.